The molecule has 0 radical (unpaired) electrons. The maximum atomic E-state index is 6.18. The van der Waals surface area contributed by atoms with Crippen molar-refractivity contribution in [3.05, 3.63) is 70.5 Å². The molecule has 27 heavy (non-hydrogen) atoms. The second-order valence-electron chi connectivity index (χ2n) is 6.27. The Morgan fingerprint density at radius 2 is 1.74 bits per heavy atom. The van der Waals surface area contributed by atoms with E-state index in [2.05, 4.69) is 32.7 Å². The number of nitrogens with one attached hydrogen (secondary N) is 2. The molecular weight excluding hydrogens is 360 g/mol. The minimum atomic E-state index is 0.666. The number of rotatable bonds is 7. The molecule has 3 aromatic rings. The third kappa shape index (κ3) is 5.11. The summed E-state index contributed by atoms with van der Waals surface area (Å²) in [7, 11) is 1.62. The predicted molar refractivity (Wildman–Crippen MR) is 111 cm³/mol. The lowest BCUT2D eigenvalue weighted by Crippen LogP contribution is -2.08. The molecule has 0 spiro atoms. The van der Waals surface area contributed by atoms with Crippen molar-refractivity contribution >= 4 is 28.9 Å². The van der Waals surface area contributed by atoms with Crippen molar-refractivity contribution in [2.24, 2.45) is 0 Å². The number of benzene rings is 2. The highest BCUT2D eigenvalue weighted by molar-refractivity contribution is 6.31. The highest BCUT2D eigenvalue weighted by Crippen LogP contribution is 2.33. The highest BCUT2D eigenvalue weighted by atomic mass is 35.5. The summed E-state index contributed by atoms with van der Waals surface area (Å²) in [5.41, 5.74) is 3.06. The highest BCUT2D eigenvalue weighted by Gasteiger charge is 2.09. The first-order valence-corrected chi connectivity index (χ1v) is 9.17. The van der Waals surface area contributed by atoms with E-state index in [1.54, 1.807) is 13.2 Å². The first kappa shape index (κ1) is 19.0. The number of aromatic nitrogens is 2. The summed E-state index contributed by atoms with van der Waals surface area (Å²) >= 11 is 6.18. The molecule has 0 aliphatic rings. The average molecular weight is 383 g/mol. The lowest BCUT2D eigenvalue weighted by molar-refractivity contribution is 0.416. The third-order valence-electron chi connectivity index (χ3n) is 4.14. The average Bonchev–Trinajstić information content (AvgIpc) is 2.65. The van der Waals surface area contributed by atoms with E-state index in [4.69, 9.17) is 16.3 Å². The van der Waals surface area contributed by atoms with Gasteiger partial charge in [-0.15, -0.1) is 0 Å². The lowest BCUT2D eigenvalue weighted by Gasteiger charge is -2.14. The summed E-state index contributed by atoms with van der Waals surface area (Å²) in [6.45, 7) is 4.62. The summed E-state index contributed by atoms with van der Waals surface area (Å²) in [6.07, 6.45) is 0.927. The Bertz CT molecular complexity index is 916. The predicted octanol–water partition coefficient (Wildman–Crippen LogP) is 5.15. The summed E-state index contributed by atoms with van der Waals surface area (Å²) in [6, 6.07) is 16.0. The molecule has 2 aromatic carbocycles. The van der Waals surface area contributed by atoms with Crippen LogP contribution in [0.4, 0.5) is 17.3 Å². The third-order valence-corrected chi connectivity index (χ3v) is 4.55. The fourth-order valence-electron chi connectivity index (χ4n) is 2.77. The number of halogens is 1. The van der Waals surface area contributed by atoms with Crippen LogP contribution < -0.4 is 15.4 Å². The monoisotopic (exact) mass is 382 g/mol. The van der Waals surface area contributed by atoms with Crippen molar-refractivity contribution in [2.75, 3.05) is 24.3 Å². The molecule has 0 amide bonds. The van der Waals surface area contributed by atoms with E-state index in [0.29, 0.717) is 22.4 Å². The first-order valence-electron chi connectivity index (χ1n) is 8.80. The van der Waals surface area contributed by atoms with Gasteiger partial charge in [-0.05, 0) is 37.5 Å². The zero-order valence-electron chi connectivity index (χ0n) is 15.7. The maximum Gasteiger partial charge on any atom is 0.143 e. The molecular formula is C21H23ClN4O. The van der Waals surface area contributed by atoms with Crippen LogP contribution in [-0.4, -0.2) is 23.6 Å². The molecule has 0 unspecified atom stereocenters. The number of anilines is 3. The minimum absolute atomic E-state index is 0.666. The van der Waals surface area contributed by atoms with Gasteiger partial charge in [0.1, 0.15) is 23.2 Å². The van der Waals surface area contributed by atoms with Crippen molar-refractivity contribution in [2.45, 2.75) is 20.3 Å². The van der Waals surface area contributed by atoms with Crippen LogP contribution in [0.2, 0.25) is 5.02 Å². The number of aryl methyl sites for hydroxylation is 2. The Balaban J connectivity index is 1.73. The zero-order chi connectivity index (χ0) is 19.2. The Morgan fingerprint density at radius 1 is 1.00 bits per heavy atom. The molecule has 2 N–H and O–H groups in total. The molecule has 1 aromatic heterocycles. The van der Waals surface area contributed by atoms with Crippen LogP contribution in [0.1, 0.15) is 17.0 Å². The van der Waals surface area contributed by atoms with Crippen LogP contribution in [0.15, 0.2) is 48.5 Å². The summed E-state index contributed by atoms with van der Waals surface area (Å²) in [5, 5.41) is 7.34. The molecule has 140 valence electrons. The normalized spacial score (nSPS) is 10.5. The maximum absolute atomic E-state index is 6.18. The van der Waals surface area contributed by atoms with Gasteiger partial charge in [0.2, 0.25) is 0 Å². The molecule has 0 saturated carbocycles. The molecule has 0 aliphatic carbocycles. The van der Waals surface area contributed by atoms with Crippen molar-refractivity contribution in [3.63, 3.8) is 0 Å². The lowest BCUT2D eigenvalue weighted by atomic mass is 10.1. The van der Waals surface area contributed by atoms with E-state index in [1.807, 2.05) is 44.2 Å². The topological polar surface area (TPSA) is 59.1 Å². The van der Waals surface area contributed by atoms with Gasteiger partial charge in [0.15, 0.2) is 0 Å². The zero-order valence-corrected chi connectivity index (χ0v) is 16.5. The van der Waals surface area contributed by atoms with Crippen LogP contribution in [0.3, 0.4) is 0 Å². The van der Waals surface area contributed by atoms with Gasteiger partial charge in [-0.1, -0.05) is 41.9 Å². The molecule has 0 fully saturated rings. The number of ether oxygens (including phenoxy) is 1. The molecule has 3 rings (SSSR count). The standard InChI is InChI=1S/C21H23ClN4O/c1-14-11-18(19(27-3)12-17(14)22)26-21-13-20(24-15(2)25-21)23-10-9-16-7-5-4-6-8-16/h4-8,11-13H,9-10H2,1-3H3,(H2,23,24,25,26). The van der Waals surface area contributed by atoms with E-state index in [1.165, 1.54) is 5.56 Å². The second-order valence-corrected chi connectivity index (χ2v) is 6.68. The Morgan fingerprint density at radius 3 is 2.48 bits per heavy atom. The Labute approximate surface area is 164 Å². The molecule has 1 heterocycles. The Kier molecular flexibility index (Phi) is 6.14. The number of hydrogen-bond acceptors (Lipinski definition) is 5. The fraction of sp³-hybridized carbons (Fsp3) is 0.238. The van der Waals surface area contributed by atoms with E-state index in [9.17, 15) is 0 Å². The fourth-order valence-corrected chi connectivity index (χ4v) is 2.92. The van der Waals surface area contributed by atoms with Crippen molar-refractivity contribution in [3.8, 4) is 5.75 Å². The second kappa shape index (κ2) is 8.73. The van der Waals surface area contributed by atoms with Gasteiger partial charge in [0, 0.05) is 23.7 Å². The first-order chi connectivity index (χ1) is 13.0. The van der Waals surface area contributed by atoms with Gasteiger partial charge in [-0.3, -0.25) is 0 Å². The molecule has 0 bridgehead atoms. The van der Waals surface area contributed by atoms with E-state index >= 15 is 0 Å². The van der Waals surface area contributed by atoms with Crippen LogP contribution in [0.5, 0.6) is 5.75 Å². The minimum Gasteiger partial charge on any atom is -0.495 e. The van der Waals surface area contributed by atoms with Crippen LogP contribution >= 0.6 is 11.6 Å². The van der Waals surface area contributed by atoms with Gasteiger partial charge < -0.3 is 15.4 Å². The summed E-state index contributed by atoms with van der Waals surface area (Å²) in [4.78, 5) is 8.94. The molecule has 6 heteroatoms. The molecule has 5 nitrogen and oxygen atoms in total. The van der Waals surface area contributed by atoms with Gasteiger partial charge in [0.25, 0.3) is 0 Å². The largest absolute Gasteiger partial charge is 0.495 e. The van der Waals surface area contributed by atoms with Crippen molar-refractivity contribution in [1.29, 1.82) is 0 Å². The molecule has 0 saturated heterocycles. The smallest absolute Gasteiger partial charge is 0.143 e. The van der Waals surface area contributed by atoms with Gasteiger partial charge in [0.05, 0.1) is 12.8 Å². The Hall–Kier alpha value is -2.79. The summed E-state index contributed by atoms with van der Waals surface area (Å²) < 4.78 is 5.42. The van der Waals surface area contributed by atoms with Crippen molar-refractivity contribution in [1.82, 2.24) is 9.97 Å². The van der Waals surface area contributed by atoms with Crippen LogP contribution in [-0.2, 0) is 6.42 Å². The van der Waals surface area contributed by atoms with Crippen LogP contribution in [0, 0.1) is 13.8 Å². The van der Waals surface area contributed by atoms with E-state index in [-0.39, 0.29) is 0 Å². The van der Waals surface area contributed by atoms with E-state index < -0.39 is 0 Å². The van der Waals surface area contributed by atoms with E-state index in [0.717, 1.165) is 30.0 Å². The van der Waals surface area contributed by atoms with Gasteiger partial charge >= 0.3 is 0 Å². The number of hydrogen-bond donors (Lipinski definition) is 2. The van der Waals surface area contributed by atoms with Crippen molar-refractivity contribution < 1.29 is 4.74 Å². The van der Waals surface area contributed by atoms with Gasteiger partial charge in [-0.25, -0.2) is 9.97 Å². The summed E-state index contributed by atoms with van der Waals surface area (Å²) in [5.74, 6) is 2.84. The SMILES string of the molecule is COc1cc(Cl)c(C)cc1Nc1cc(NCCc2ccccc2)nc(C)n1. The number of nitrogens with zero attached hydrogens (tertiary/aromatic N) is 2. The van der Waals surface area contributed by atoms with Gasteiger partial charge in [-0.2, -0.15) is 0 Å². The quantitative estimate of drug-likeness (QED) is 0.591. The van der Waals surface area contributed by atoms with Crippen LogP contribution in [0.25, 0.3) is 0 Å². The molecule has 0 atom stereocenters. The number of methoxy groups -OCH3 is 1. The molecule has 0 aliphatic heterocycles.